The van der Waals surface area contributed by atoms with Crippen molar-refractivity contribution < 1.29 is 23.4 Å². The van der Waals surface area contributed by atoms with Gasteiger partial charge in [-0.05, 0) is 12.1 Å². The minimum Gasteiger partial charge on any atom is -0.505 e. The highest BCUT2D eigenvalue weighted by Crippen LogP contribution is 2.20. The number of ether oxygens (including phenoxy) is 1. The Bertz CT molecular complexity index is 413. The summed E-state index contributed by atoms with van der Waals surface area (Å²) in [5, 5.41) is 8.82. The van der Waals surface area contributed by atoms with E-state index < -0.39 is 23.4 Å². The molecule has 0 aliphatic carbocycles. The van der Waals surface area contributed by atoms with E-state index in [4.69, 9.17) is 5.11 Å². The van der Waals surface area contributed by atoms with Gasteiger partial charge in [0.25, 0.3) is 0 Å². The van der Waals surface area contributed by atoms with E-state index in [1.54, 1.807) is 0 Å². The molecule has 0 aromatic heterocycles. The van der Waals surface area contributed by atoms with E-state index in [2.05, 4.69) is 4.74 Å². The van der Waals surface area contributed by atoms with Crippen molar-refractivity contribution in [2.45, 2.75) is 0 Å². The van der Waals surface area contributed by atoms with Gasteiger partial charge in [0.1, 0.15) is 5.82 Å². The summed E-state index contributed by atoms with van der Waals surface area (Å²) >= 11 is 0. The fourth-order valence-corrected chi connectivity index (χ4v) is 0.905. The molecule has 1 aromatic rings. The molecule has 3 nitrogen and oxygen atoms in total. The van der Waals surface area contributed by atoms with Crippen LogP contribution in [0.2, 0.25) is 0 Å². The molecular weight excluding hydrogens is 206 g/mol. The van der Waals surface area contributed by atoms with Crippen molar-refractivity contribution in [1.29, 1.82) is 0 Å². The van der Waals surface area contributed by atoms with Gasteiger partial charge in [-0.2, -0.15) is 0 Å². The number of halogens is 2. The Morgan fingerprint density at radius 1 is 1.40 bits per heavy atom. The molecule has 0 aliphatic rings. The van der Waals surface area contributed by atoms with E-state index >= 15 is 0 Å². The number of benzene rings is 1. The van der Waals surface area contributed by atoms with E-state index in [-0.39, 0.29) is 5.56 Å². The van der Waals surface area contributed by atoms with Crippen LogP contribution in [0.5, 0.6) is 5.75 Å². The van der Waals surface area contributed by atoms with Gasteiger partial charge in [0.15, 0.2) is 11.6 Å². The van der Waals surface area contributed by atoms with Crippen molar-refractivity contribution in [2.24, 2.45) is 0 Å². The zero-order valence-corrected chi connectivity index (χ0v) is 7.83. The first-order chi connectivity index (χ1) is 7.04. The fraction of sp³-hybridized carbons (Fsp3) is 0.100. The zero-order valence-electron chi connectivity index (χ0n) is 7.83. The van der Waals surface area contributed by atoms with Crippen LogP contribution in [0.3, 0.4) is 0 Å². The van der Waals surface area contributed by atoms with Crippen LogP contribution in [0.25, 0.3) is 6.08 Å². The van der Waals surface area contributed by atoms with E-state index in [0.29, 0.717) is 6.07 Å². The van der Waals surface area contributed by atoms with Gasteiger partial charge in [0, 0.05) is 17.7 Å². The first-order valence-electron chi connectivity index (χ1n) is 3.98. The van der Waals surface area contributed by atoms with E-state index in [1.165, 1.54) is 7.11 Å². The second kappa shape index (κ2) is 4.54. The Labute approximate surface area is 84.6 Å². The van der Waals surface area contributed by atoms with Crippen molar-refractivity contribution in [3.8, 4) is 5.75 Å². The average Bonchev–Trinajstić information content (AvgIpc) is 2.21. The van der Waals surface area contributed by atoms with Gasteiger partial charge in [0.05, 0.1) is 7.11 Å². The van der Waals surface area contributed by atoms with Crippen molar-refractivity contribution in [3.63, 3.8) is 0 Å². The second-order valence-electron chi connectivity index (χ2n) is 2.68. The number of carbonyl (C=O) groups is 1. The normalized spacial score (nSPS) is 10.6. The summed E-state index contributed by atoms with van der Waals surface area (Å²) in [6.45, 7) is 0. The Morgan fingerprint density at radius 3 is 2.67 bits per heavy atom. The third kappa shape index (κ3) is 2.77. The number of rotatable bonds is 2. The van der Waals surface area contributed by atoms with E-state index in [1.807, 2.05) is 0 Å². The highest BCUT2D eigenvalue weighted by molar-refractivity contribution is 5.86. The smallest absolute Gasteiger partial charge is 0.330 e. The number of hydrogen-bond acceptors (Lipinski definition) is 3. The first kappa shape index (κ1) is 11.2. The third-order valence-corrected chi connectivity index (χ3v) is 1.67. The summed E-state index contributed by atoms with van der Waals surface area (Å²) in [4.78, 5) is 10.7. The van der Waals surface area contributed by atoms with Gasteiger partial charge in [-0.15, -0.1) is 0 Å². The van der Waals surface area contributed by atoms with Gasteiger partial charge in [-0.1, -0.05) is 0 Å². The molecule has 1 aromatic carbocycles. The summed E-state index contributed by atoms with van der Waals surface area (Å²) in [7, 11) is 1.17. The molecule has 0 bridgehead atoms. The molecule has 1 N–H and O–H groups in total. The number of methoxy groups -OCH3 is 1. The monoisotopic (exact) mass is 214 g/mol. The molecule has 0 aliphatic heterocycles. The Morgan fingerprint density at radius 2 is 2.07 bits per heavy atom. The lowest BCUT2D eigenvalue weighted by molar-refractivity contribution is -0.134. The van der Waals surface area contributed by atoms with Gasteiger partial charge in [-0.3, -0.25) is 0 Å². The number of carbonyl (C=O) groups excluding carboxylic acids is 1. The lowest BCUT2D eigenvalue weighted by atomic mass is 10.2. The standard InChI is InChI=1S/C10H8F2O3/c1-15-10(14)3-2-6-4-8(12)9(13)5-7(6)11/h2-5,13H,1H3/b3-2+. The number of aromatic hydroxyl groups is 1. The molecule has 0 spiro atoms. The van der Waals surface area contributed by atoms with Crippen LogP contribution in [0.15, 0.2) is 18.2 Å². The molecular formula is C10H8F2O3. The van der Waals surface area contributed by atoms with Crippen molar-refractivity contribution in [3.05, 3.63) is 35.4 Å². The summed E-state index contributed by atoms with van der Waals surface area (Å²) in [5.41, 5.74) is -0.143. The van der Waals surface area contributed by atoms with Crippen molar-refractivity contribution in [1.82, 2.24) is 0 Å². The highest BCUT2D eigenvalue weighted by atomic mass is 19.1. The molecule has 15 heavy (non-hydrogen) atoms. The lowest BCUT2D eigenvalue weighted by Crippen LogP contribution is -1.94. The van der Waals surface area contributed by atoms with Crippen LogP contribution in [-0.4, -0.2) is 18.2 Å². The van der Waals surface area contributed by atoms with Gasteiger partial charge < -0.3 is 9.84 Å². The molecule has 0 heterocycles. The molecule has 1 rings (SSSR count). The van der Waals surface area contributed by atoms with Crippen LogP contribution in [-0.2, 0) is 9.53 Å². The molecule has 0 amide bonds. The Kier molecular flexibility index (Phi) is 3.38. The van der Waals surface area contributed by atoms with Crippen LogP contribution < -0.4 is 0 Å². The summed E-state index contributed by atoms with van der Waals surface area (Å²) in [6.07, 6.45) is 2.01. The van der Waals surface area contributed by atoms with Crippen LogP contribution in [0.1, 0.15) is 5.56 Å². The maximum Gasteiger partial charge on any atom is 0.330 e. The highest BCUT2D eigenvalue weighted by Gasteiger charge is 2.06. The molecule has 0 unspecified atom stereocenters. The molecule has 0 atom stereocenters. The minimum absolute atomic E-state index is 0.143. The summed E-state index contributed by atoms with van der Waals surface area (Å²) in [5.74, 6) is -3.24. The van der Waals surface area contributed by atoms with Crippen LogP contribution in [0, 0.1) is 11.6 Å². The lowest BCUT2D eigenvalue weighted by Gasteiger charge is -1.99. The molecule has 0 radical (unpaired) electrons. The maximum atomic E-state index is 13.1. The predicted octanol–water partition coefficient (Wildman–Crippen LogP) is 1.86. The predicted molar refractivity (Wildman–Crippen MR) is 49.1 cm³/mol. The van der Waals surface area contributed by atoms with E-state index in [0.717, 1.165) is 18.2 Å². The molecule has 5 heteroatoms. The zero-order chi connectivity index (χ0) is 11.4. The number of phenolic OH excluding ortho intramolecular Hbond substituents is 1. The largest absolute Gasteiger partial charge is 0.505 e. The summed E-state index contributed by atoms with van der Waals surface area (Å²) in [6, 6.07) is 1.41. The fourth-order valence-electron chi connectivity index (χ4n) is 0.905. The van der Waals surface area contributed by atoms with Gasteiger partial charge >= 0.3 is 5.97 Å². The number of hydrogen-bond donors (Lipinski definition) is 1. The first-order valence-corrected chi connectivity index (χ1v) is 3.98. The SMILES string of the molecule is COC(=O)/C=C/c1cc(F)c(O)cc1F. The molecule has 0 saturated carbocycles. The van der Waals surface area contributed by atoms with Crippen LogP contribution in [0.4, 0.5) is 8.78 Å². The van der Waals surface area contributed by atoms with Gasteiger partial charge in [-0.25, -0.2) is 13.6 Å². The quantitative estimate of drug-likeness (QED) is 0.603. The topological polar surface area (TPSA) is 46.5 Å². The number of phenols is 1. The van der Waals surface area contributed by atoms with Crippen molar-refractivity contribution >= 4 is 12.0 Å². The van der Waals surface area contributed by atoms with Gasteiger partial charge in [0.2, 0.25) is 0 Å². The third-order valence-electron chi connectivity index (χ3n) is 1.67. The Hall–Kier alpha value is -1.91. The van der Waals surface area contributed by atoms with Crippen LogP contribution >= 0.6 is 0 Å². The molecule has 0 fully saturated rings. The minimum atomic E-state index is -0.957. The Balaban J connectivity index is 3.00. The van der Waals surface area contributed by atoms with E-state index in [9.17, 15) is 13.6 Å². The summed E-state index contributed by atoms with van der Waals surface area (Å²) < 4.78 is 30.1. The molecule has 0 saturated heterocycles. The van der Waals surface area contributed by atoms with Crippen molar-refractivity contribution in [2.75, 3.05) is 7.11 Å². The molecule has 80 valence electrons. The maximum absolute atomic E-state index is 13.1. The number of esters is 1. The second-order valence-corrected chi connectivity index (χ2v) is 2.68. The average molecular weight is 214 g/mol.